The van der Waals surface area contributed by atoms with Crippen molar-refractivity contribution in [3.8, 4) is 0 Å². The minimum atomic E-state index is -0.0614. The van der Waals surface area contributed by atoms with Crippen LogP contribution in [0, 0.1) is 5.92 Å². The minimum absolute atomic E-state index is 0.0158. The van der Waals surface area contributed by atoms with E-state index in [1.807, 2.05) is 11.9 Å². The van der Waals surface area contributed by atoms with Crippen LogP contribution in [0.25, 0.3) is 0 Å². The molecule has 1 aliphatic carbocycles. The molecule has 126 valence electrons. The summed E-state index contributed by atoms with van der Waals surface area (Å²) in [5, 5.41) is 7.17. The van der Waals surface area contributed by atoms with Crippen LogP contribution in [-0.4, -0.2) is 45.6 Å². The third-order valence-electron chi connectivity index (χ3n) is 5.05. The number of amides is 2. The molecule has 6 heteroatoms. The van der Waals surface area contributed by atoms with Gasteiger partial charge in [-0.25, -0.2) is 0 Å². The molecule has 2 heterocycles. The van der Waals surface area contributed by atoms with Crippen molar-refractivity contribution in [2.75, 3.05) is 13.1 Å². The van der Waals surface area contributed by atoms with E-state index in [1.165, 1.54) is 0 Å². The van der Waals surface area contributed by atoms with Crippen molar-refractivity contribution in [1.82, 2.24) is 20.0 Å². The highest BCUT2D eigenvalue weighted by Crippen LogP contribution is 2.32. The molecule has 1 saturated heterocycles. The van der Waals surface area contributed by atoms with Crippen LogP contribution in [0.4, 0.5) is 0 Å². The fourth-order valence-electron chi connectivity index (χ4n) is 3.84. The summed E-state index contributed by atoms with van der Waals surface area (Å²) in [4.78, 5) is 27.4. The number of rotatable bonds is 1. The second-order valence-corrected chi connectivity index (χ2v) is 6.71. The van der Waals surface area contributed by atoms with Crippen LogP contribution < -0.4 is 5.32 Å². The number of hydrogen-bond donors (Lipinski definition) is 1. The lowest BCUT2D eigenvalue weighted by molar-refractivity contribution is -0.126. The van der Waals surface area contributed by atoms with E-state index in [1.54, 1.807) is 17.1 Å². The molecule has 6 nitrogen and oxygen atoms in total. The molecule has 3 rings (SSSR count). The van der Waals surface area contributed by atoms with Crippen molar-refractivity contribution in [3.05, 3.63) is 18.0 Å². The van der Waals surface area contributed by atoms with Gasteiger partial charge in [0, 0.05) is 32.4 Å². The Hall–Kier alpha value is -1.85. The average molecular weight is 318 g/mol. The predicted molar refractivity (Wildman–Crippen MR) is 86.9 cm³/mol. The smallest absolute Gasteiger partial charge is 0.257 e. The molecule has 1 aliphatic heterocycles. The molecule has 0 spiro atoms. The van der Waals surface area contributed by atoms with Gasteiger partial charge in [0.05, 0.1) is 17.7 Å². The summed E-state index contributed by atoms with van der Waals surface area (Å²) >= 11 is 0. The standard InChI is InChI=1S/C17H26N4O2/c1-20-12-13(11-19-20)17(23)21-10-5-3-2-4-9-18-16(22)14-7-6-8-15(14)21/h11-12,14-15H,2-10H2,1H3,(H,18,22)/t14-,15+/m1/s1. The maximum atomic E-state index is 13.0. The summed E-state index contributed by atoms with van der Waals surface area (Å²) in [7, 11) is 1.81. The van der Waals surface area contributed by atoms with Crippen LogP contribution in [0.2, 0.25) is 0 Å². The lowest BCUT2D eigenvalue weighted by atomic mass is 10.00. The first-order valence-electron chi connectivity index (χ1n) is 8.74. The molecule has 0 unspecified atom stereocenters. The highest BCUT2D eigenvalue weighted by molar-refractivity contribution is 5.94. The summed E-state index contributed by atoms with van der Waals surface area (Å²) in [5.74, 6) is 0.0779. The molecule has 1 aromatic heterocycles. The number of carbonyl (C=O) groups excluding carboxylic acids is 2. The number of aromatic nitrogens is 2. The van der Waals surface area contributed by atoms with E-state index >= 15 is 0 Å². The zero-order chi connectivity index (χ0) is 16.2. The van der Waals surface area contributed by atoms with Gasteiger partial charge in [0.15, 0.2) is 0 Å². The maximum Gasteiger partial charge on any atom is 0.257 e. The van der Waals surface area contributed by atoms with E-state index in [4.69, 9.17) is 0 Å². The molecule has 1 N–H and O–H groups in total. The Kier molecular flexibility index (Phi) is 4.98. The van der Waals surface area contributed by atoms with Gasteiger partial charge in [0.2, 0.25) is 5.91 Å². The van der Waals surface area contributed by atoms with E-state index in [-0.39, 0.29) is 23.8 Å². The van der Waals surface area contributed by atoms with Crippen molar-refractivity contribution in [1.29, 1.82) is 0 Å². The van der Waals surface area contributed by atoms with Gasteiger partial charge in [-0.15, -0.1) is 0 Å². The largest absolute Gasteiger partial charge is 0.356 e. The number of nitrogens with zero attached hydrogens (tertiary/aromatic N) is 3. The van der Waals surface area contributed by atoms with Crippen molar-refractivity contribution in [3.63, 3.8) is 0 Å². The third kappa shape index (κ3) is 3.57. The summed E-state index contributed by atoms with van der Waals surface area (Å²) in [6, 6.07) is 0.0285. The second kappa shape index (κ2) is 7.15. The molecule has 0 bridgehead atoms. The number of hydrogen-bond acceptors (Lipinski definition) is 3. The Morgan fingerprint density at radius 1 is 1.22 bits per heavy atom. The van der Waals surface area contributed by atoms with Gasteiger partial charge in [-0.1, -0.05) is 19.3 Å². The summed E-state index contributed by atoms with van der Waals surface area (Å²) < 4.78 is 1.65. The van der Waals surface area contributed by atoms with E-state index in [0.29, 0.717) is 5.56 Å². The van der Waals surface area contributed by atoms with Crippen LogP contribution in [-0.2, 0) is 11.8 Å². The molecular formula is C17H26N4O2. The highest BCUT2D eigenvalue weighted by Gasteiger charge is 2.39. The predicted octanol–water partition coefficient (Wildman–Crippen LogP) is 1.72. The monoisotopic (exact) mass is 318 g/mol. The number of nitrogens with one attached hydrogen (secondary N) is 1. The van der Waals surface area contributed by atoms with Gasteiger partial charge >= 0.3 is 0 Å². The summed E-state index contributed by atoms with van der Waals surface area (Å²) in [5.41, 5.74) is 0.619. The molecule has 1 aromatic rings. The first-order valence-corrected chi connectivity index (χ1v) is 8.74. The zero-order valence-corrected chi connectivity index (χ0v) is 13.8. The van der Waals surface area contributed by atoms with E-state index < -0.39 is 0 Å². The molecule has 2 amide bonds. The first-order chi connectivity index (χ1) is 11.2. The summed E-state index contributed by atoms with van der Waals surface area (Å²) in [6.45, 7) is 1.50. The third-order valence-corrected chi connectivity index (χ3v) is 5.05. The van der Waals surface area contributed by atoms with E-state index in [9.17, 15) is 9.59 Å². The Balaban J connectivity index is 1.83. The van der Waals surface area contributed by atoms with Crippen LogP contribution in [0.1, 0.15) is 55.3 Å². The van der Waals surface area contributed by atoms with Crippen molar-refractivity contribution >= 4 is 11.8 Å². The lowest BCUT2D eigenvalue weighted by Crippen LogP contribution is -2.47. The van der Waals surface area contributed by atoms with Gasteiger partial charge in [-0.3, -0.25) is 14.3 Å². The molecule has 0 aromatic carbocycles. The van der Waals surface area contributed by atoms with Crippen LogP contribution >= 0.6 is 0 Å². The lowest BCUT2D eigenvalue weighted by Gasteiger charge is -2.32. The minimum Gasteiger partial charge on any atom is -0.356 e. The topological polar surface area (TPSA) is 67.2 Å². The average Bonchev–Trinajstić information content (AvgIpc) is 3.17. The highest BCUT2D eigenvalue weighted by atomic mass is 16.2. The van der Waals surface area contributed by atoms with Gasteiger partial charge < -0.3 is 10.2 Å². The van der Waals surface area contributed by atoms with Crippen LogP contribution in [0.5, 0.6) is 0 Å². The number of carbonyl (C=O) groups is 2. The fourth-order valence-corrected chi connectivity index (χ4v) is 3.84. The zero-order valence-electron chi connectivity index (χ0n) is 13.8. The van der Waals surface area contributed by atoms with Gasteiger partial charge in [-0.2, -0.15) is 5.10 Å². The van der Waals surface area contributed by atoms with Crippen LogP contribution in [0.15, 0.2) is 12.4 Å². The van der Waals surface area contributed by atoms with Gasteiger partial charge in [0.1, 0.15) is 0 Å². The number of fused-ring (bicyclic) bond motifs is 1. The Morgan fingerprint density at radius 3 is 2.83 bits per heavy atom. The fraction of sp³-hybridized carbons (Fsp3) is 0.706. The molecule has 0 radical (unpaired) electrons. The molecule has 23 heavy (non-hydrogen) atoms. The molecular weight excluding hydrogens is 292 g/mol. The van der Waals surface area contributed by atoms with Crippen molar-refractivity contribution < 1.29 is 9.59 Å². The molecule has 2 aliphatic rings. The van der Waals surface area contributed by atoms with Gasteiger partial charge in [-0.05, 0) is 25.7 Å². The van der Waals surface area contributed by atoms with Crippen molar-refractivity contribution in [2.24, 2.45) is 13.0 Å². The Morgan fingerprint density at radius 2 is 2.04 bits per heavy atom. The van der Waals surface area contributed by atoms with Crippen LogP contribution in [0.3, 0.4) is 0 Å². The second-order valence-electron chi connectivity index (χ2n) is 6.71. The number of aryl methyl sites for hydroxylation is 1. The Bertz CT molecular complexity index is 569. The van der Waals surface area contributed by atoms with Gasteiger partial charge in [0.25, 0.3) is 5.91 Å². The SMILES string of the molecule is Cn1cc(C(=O)N2CCCCCCNC(=O)[C@@H]3CCC[C@@H]32)cn1. The molecule has 1 saturated carbocycles. The molecule has 2 fully saturated rings. The van der Waals surface area contributed by atoms with Crippen molar-refractivity contribution in [2.45, 2.75) is 51.0 Å². The van der Waals surface area contributed by atoms with E-state index in [0.717, 1.165) is 58.0 Å². The maximum absolute atomic E-state index is 13.0. The summed E-state index contributed by atoms with van der Waals surface area (Å²) in [6.07, 6.45) is 10.4. The molecule has 2 atom stereocenters. The Labute approximate surface area is 137 Å². The normalized spacial score (nSPS) is 26.3. The quantitative estimate of drug-likeness (QED) is 0.857. The first kappa shape index (κ1) is 16.0. The van der Waals surface area contributed by atoms with E-state index in [2.05, 4.69) is 10.4 Å².